The molecular weight excluding hydrogens is 160 g/mol. The zero-order valence-electron chi connectivity index (χ0n) is 7.86. The van der Waals surface area contributed by atoms with Crippen molar-refractivity contribution in [3.63, 3.8) is 0 Å². The van der Waals surface area contributed by atoms with E-state index in [2.05, 4.69) is 29.9 Å². The van der Waals surface area contributed by atoms with Gasteiger partial charge >= 0.3 is 0 Å². The van der Waals surface area contributed by atoms with Crippen molar-refractivity contribution in [2.45, 2.75) is 19.4 Å². The van der Waals surface area contributed by atoms with Gasteiger partial charge in [-0.15, -0.1) is 0 Å². The summed E-state index contributed by atoms with van der Waals surface area (Å²) in [7, 11) is 0. The lowest BCUT2D eigenvalue weighted by atomic mass is 10.1. The van der Waals surface area contributed by atoms with Crippen LogP contribution < -0.4 is 0 Å². The van der Waals surface area contributed by atoms with E-state index in [-0.39, 0.29) is 5.54 Å². The van der Waals surface area contributed by atoms with Crippen molar-refractivity contribution in [3.05, 3.63) is 35.7 Å². The molecule has 0 saturated heterocycles. The highest BCUT2D eigenvalue weighted by atomic mass is 14.8. The van der Waals surface area contributed by atoms with Crippen molar-refractivity contribution in [1.82, 2.24) is 4.98 Å². The normalized spacial score (nSPS) is 18.0. The third-order valence-corrected chi connectivity index (χ3v) is 2.06. The number of hydrogen-bond donors (Lipinski definition) is 0. The highest BCUT2D eigenvalue weighted by molar-refractivity contribution is 5.85. The van der Waals surface area contributed by atoms with Gasteiger partial charge in [-0.05, 0) is 32.1 Å². The Hall–Kier alpha value is -1.44. The van der Waals surface area contributed by atoms with Crippen LogP contribution in [0.25, 0.3) is 6.08 Å². The van der Waals surface area contributed by atoms with Gasteiger partial charge in [0, 0.05) is 18.0 Å². The SMILES string of the molecule is CC1(C)C=Cc2ncccc2C=N1. The number of nitrogens with zero attached hydrogens (tertiary/aromatic N) is 2. The Kier molecular flexibility index (Phi) is 1.76. The van der Waals surface area contributed by atoms with Crippen LogP contribution in [0.4, 0.5) is 0 Å². The van der Waals surface area contributed by atoms with E-state index >= 15 is 0 Å². The molecular formula is C11H12N2. The molecule has 13 heavy (non-hydrogen) atoms. The molecule has 0 radical (unpaired) electrons. The maximum Gasteiger partial charge on any atom is 0.0735 e. The molecule has 0 aliphatic carbocycles. The van der Waals surface area contributed by atoms with Gasteiger partial charge in [0.1, 0.15) is 0 Å². The number of aliphatic imine (C=N–C) groups is 1. The molecule has 0 amide bonds. The fourth-order valence-corrected chi connectivity index (χ4v) is 1.24. The minimum absolute atomic E-state index is 0.110. The third kappa shape index (κ3) is 1.66. The summed E-state index contributed by atoms with van der Waals surface area (Å²) in [6, 6.07) is 3.95. The van der Waals surface area contributed by atoms with Crippen molar-refractivity contribution in [2.24, 2.45) is 4.99 Å². The fraction of sp³-hybridized carbons (Fsp3) is 0.273. The molecule has 1 aliphatic rings. The second-order valence-electron chi connectivity index (χ2n) is 3.72. The van der Waals surface area contributed by atoms with Gasteiger partial charge in [0.05, 0.1) is 11.2 Å². The van der Waals surface area contributed by atoms with E-state index in [0.717, 1.165) is 11.3 Å². The van der Waals surface area contributed by atoms with E-state index < -0.39 is 0 Å². The lowest BCUT2D eigenvalue weighted by Crippen LogP contribution is -2.11. The second kappa shape index (κ2) is 2.80. The van der Waals surface area contributed by atoms with E-state index in [1.165, 1.54) is 0 Å². The van der Waals surface area contributed by atoms with Crippen LogP contribution in [0.2, 0.25) is 0 Å². The van der Waals surface area contributed by atoms with E-state index in [4.69, 9.17) is 0 Å². The first kappa shape index (κ1) is 8.17. The van der Waals surface area contributed by atoms with Crippen LogP contribution in [0.15, 0.2) is 29.4 Å². The maximum atomic E-state index is 4.45. The Morgan fingerprint density at radius 2 is 2.15 bits per heavy atom. The number of aromatic nitrogens is 1. The van der Waals surface area contributed by atoms with Crippen LogP contribution in [-0.4, -0.2) is 16.7 Å². The van der Waals surface area contributed by atoms with Crippen LogP contribution in [0.1, 0.15) is 25.1 Å². The standard InChI is InChI=1S/C11H12N2/c1-11(2)6-5-10-9(8-13-11)4-3-7-12-10/h3-8H,1-2H3. The van der Waals surface area contributed by atoms with Crippen molar-refractivity contribution in [3.8, 4) is 0 Å². The number of rotatable bonds is 0. The molecule has 0 N–H and O–H groups in total. The summed E-state index contributed by atoms with van der Waals surface area (Å²) >= 11 is 0. The van der Waals surface area contributed by atoms with Crippen LogP contribution in [-0.2, 0) is 0 Å². The Morgan fingerprint density at radius 3 is 3.00 bits per heavy atom. The molecule has 1 aromatic rings. The predicted octanol–water partition coefficient (Wildman–Crippen LogP) is 2.31. The van der Waals surface area contributed by atoms with E-state index in [1.807, 2.05) is 24.4 Å². The topological polar surface area (TPSA) is 25.2 Å². The Bertz CT molecular complexity index is 340. The summed E-state index contributed by atoms with van der Waals surface area (Å²) in [4.78, 5) is 8.71. The van der Waals surface area contributed by atoms with Gasteiger partial charge in [-0.25, -0.2) is 0 Å². The van der Waals surface area contributed by atoms with Crippen LogP contribution in [0.5, 0.6) is 0 Å². The van der Waals surface area contributed by atoms with Gasteiger partial charge in [0.25, 0.3) is 0 Å². The zero-order chi connectivity index (χ0) is 9.31. The zero-order valence-corrected chi connectivity index (χ0v) is 7.86. The lowest BCUT2D eigenvalue weighted by Gasteiger charge is -2.11. The van der Waals surface area contributed by atoms with Gasteiger partial charge in [-0.3, -0.25) is 9.98 Å². The van der Waals surface area contributed by atoms with Gasteiger partial charge in [-0.1, -0.05) is 6.08 Å². The average Bonchev–Trinajstić information content (AvgIpc) is 2.27. The largest absolute Gasteiger partial charge is 0.282 e. The molecule has 2 heteroatoms. The van der Waals surface area contributed by atoms with E-state index in [9.17, 15) is 0 Å². The first-order valence-corrected chi connectivity index (χ1v) is 4.37. The first-order valence-electron chi connectivity index (χ1n) is 4.37. The molecule has 0 bridgehead atoms. The van der Waals surface area contributed by atoms with Crippen molar-refractivity contribution in [2.75, 3.05) is 0 Å². The summed E-state index contributed by atoms with van der Waals surface area (Å²) in [6.45, 7) is 4.15. The summed E-state index contributed by atoms with van der Waals surface area (Å²) in [5.41, 5.74) is 1.97. The monoisotopic (exact) mass is 172 g/mol. The number of hydrogen-bond acceptors (Lipinski definition) is 2. The smallest absolute Gasteiger partial charge is 0.0735 e. The summed E-state index contributed by atoms with van der Waals surface area (Å²) in [5, 5.41) is 0. The Morgan fingerprint density at radius 1 is 1.31 bits per heavy atom. The first-order chi connectivity index (χ1) is 6.17. The molecule has 0 spiro atoms. The molecule has 0 aromatic carbocycles. The fourth-order valence-electron chi connectivity index (χ4n) is 1.24. The predicted molar refractivity (Wildman–Crippen MR) is 54.9 cm³/mol. The minimum atomic E-state index is -0.110. The van der Waals surface area contributed by atoms with Crippen LogP contribution >= 0.6 is 0 Å². The minimum Gasteiger partial charge on any atom is -0.282 e. The van der Waals surface area contributed by atoms with Crippen molar-refractivity contribution >= 4 is 12.3 Å². The lowest BCUT2D eigenvalue weighted by molar-refractivity contribution is 0.665. The highest BCUT2D eigenvalue weighted by Crippen LogP contribution is 2.17. The van der Waals surface area contributed by atoms with Crippen LogP contribution in [0, 0.1) is 0 Å². The highest BCUT2D eigenvalue weighted by Gasteiger charge is 2.13. The van der Waals surface area contributed by atoms with E-state index in [0.29, 0.717) is 0 Å². The quantitative estimate of drug-likeness (QED) is 0.589. The Labute approximate surface area is 78.0 Å². The molecule has 66 valence electrons. The summed E-state index contributed by atoms with van der Waals surface area (Å²) in [6.07, 6.45) is 7.79. The molecule has 0 saturated carbocycles. The number of pyridine rings is 1. The van der Waals surface area contributed by atoms with Gasteiger partial charge < -0.3 is 0 Å². The molecule has 2 nitrogen and oxygen atoms in total. The molecule has 2 rings (SSSR count). The van der Waals surface area contributed by atoms with Crippen molar-refractivity contribution < 1.29 is 0 Å². The third-order valence-electron chi connectivity index (χ3n) is 2.06. The molecule has 2 heterocycles. The molecule has 0 atom stereocenters. The number of fused-ring (bicyclic) bond motifs is 1. The average molecular weight is 172 g/mol. The summed E-state index contributed by atoms with van der Waals surface area (Å²) in [5.74, 6) is 0. The van der Waals surface area contributed by atoms with E-state index in [1.54, 1.807) is 6.20 Å². The molecule has 1 aliphatic heterocycles. The van der Waals surface area contributed by atoms with Crippen molar-refractivity contribution in [1.29, 1.82) is 0 Å². The molecule has 1 aromatic heterocycles. The maximum absolute atomic E-state index is 4.45. The summed E-state index contributed by atoms with van der Waals surface area (Å²) < 4.78 is 0. The second-order valence-corrected chi connectivity index (χ2v) is 3.72. The molecule has 0 unspecified atom stereocenters. The van der Waals surface area contributed by atoms with Crippen LogP contribution in [0.3, 0.4) is 0 Å². The molecule has 0 fully saturated rings. The van der Waals surface area contributed by atoms with Gasteiger partial charge in [-0.2, -0.15) is 0 Å². The Balaban J connectivity index is 2.53. The van der Waals surface area contributed by atoms with Gasteiger partial charge in [0.15, 0.2) is 0 Å². The van der Waals surface area contributed by atoms with Gasteiger partial charge in [0.2, 0.25) is 0 Å².